The van der Waals surface area contributed by atoms with Crippen LogP contribution in [0.4, 0.5) is 5.82 Å². The minimum absolute atomic E-state index is 0. The van der Waals surface area contributed by atoms with E-state index in [0.29, 0.717) is 18.5 Å². The number of fused-ring (bicyclic) bond motifs is 1. The van der Waals surface area contributed by atoms with Crippen molar-refractivity contribution in [2.24, 2.45) is 5.92 Å². The molecule has 3 heterocycles. The second-order valence-electron chi connectivity index (χ2n) is 22.6. The third-order valence-corrected chi connectivity index (χ3v) is 16.8. The Bertz CT molecular complexity index is 3380. The monoisotopic (exact) mass is 1460 g/mol. The predicted molar refractivity (Wildman–Crippen MR) is 344 cm³/mol. The van der Waals surface area contributed by atoms with Crippen molar-refractivity contribution in [3.63, 3.8) is 0 Å². The van der Waals surface area contributed by atoms with Gasteiger partial charge in [0.15, 0.2) is 0 Å². The summed E-state index contributed by atoms with van der Waals surface area (Å²) >= 11 is 0. The first kappa shape index (κ1) is 79.9. The van der Waals surface area contributed by atoms with E-state index < -0.39 is 139 Å². The molecule has 5 amide bonds. The molecule has 1 aliphatic rings. The number of carbonyl (C=O) groups is 11. The average molecular weight is 1460 g/mol. The second-order valence-corrected chi connectivity index (χ2v) is 24.2. The number of aryl methyl sites for hydroxylation is 3. The Balaban J connectivity index is 0.0000196. The maximum atomic E-state index is 13.7. The number of carboxylic acid groups (broad SMARTS) is 6. The van der Waals surface area contributed by atoms with Crippen LogP contribution in [-0.2, 0) is 64.5 Å². The van der Waals surface area contributed by atoms with Gasteiger partial charge in [-0.1, -0.05) is 6.07 Å². The molecule has 3 atom stereocenters. The van der Waals surface area contributed by atoms with Crippen molar-refractivity contribution >= 4 is 118 Å². The average Bonchev–Trinajstić information content (AvgIpc) is 0.840. The molecule has 96 heavy (non-hydrogen) atoms. The summed E-state index contributed by atoms with van der Waals surface area (Å²) < 4.78 is 37.2. The molecule has 3 unspecified atom stereocenters. The van der Waals surface area contributed by atoms with Crippen molar-refractivity contribution in [3.8, 4) is 5.75 Å². The Morgan fingerprint density at radius 1 is 0.594 bits per heavy atom. The summed E-state index contributed by atoms with van der Waals surface area (Å²) in [5.41, 5.74) is 1.40. The van der Waals surface area contributed by atoms with Crippen LogP contribution in [0.2, 0.25) is 0 Å². The second kappa shape index (κ2) is 40.8. The fourth-order valence-corrected chi connectivity index (χ4v) is 11.9. The van der Waals surface area contributed by atoms with E-state index >= 15 is 0 Å². The third-order valence-electron chi connectivity index (χ3n) is 15.0. The number of pyridine rings is 1. The topological polar surface area (TPSA) is 480 Å². The van der Waals surface area contributed by atoms with Crippen LogP contribution in [0.1, 0.15) is 66.4 Å². The van der Waals surface area contributed by atoms with Gasteiger partial charge in [0.1, 0.15) is 23.7 Å². The number of carbonyl (C=O) groups excluding carboxylic acids is 5. The smallest absolute Gasteiger partial charge is 0.494 e. The van der Waals surface area contributed by atoms with Crippen molar-refractivity contribution in [2.45, 2.75) is 82.3 Å². The molecular formula is C60H84InN14O20S+3. The van der Waals surface area contributed by atoms with E-state index in [9.17, 15) is 91.8 Å². The summed E-state index contributed by atoms with van der Waals surface area (Å²) in [5, 5.41) is 78.5. The number of ether oxygens (including phenoxy) is 1. The van der Waals surface area contributed by atoms with Crippen LogP contribution in [0.5, 0.6) is 5.75 Å². The molecule has 2 aromatic heterocycles. The zero-order valence-electron chi connectivity index (χ0n) is 53.4. The van der Waals surface area contributed by atoms with Gasteiger partial charge in [-0.2, -0.15) is 9.82 Å². The van der Waals surface area contributed by atoms with Crippen LogP contribution >= 0.6 is 0 Å². The van der Waals surface area contributed by atoms with Crippen molar-refractivity contribution in [1.82, 2.24) is 65.7 Å². The molecule has 1 aliphatic heterocycles. The molecule has 0 radical (unpaired) electrons. The summed E-state index contributed by atoms with van der Waals surface area (Å²) in [6.45, 7) is 2.45. The first-order chi connectivity index (χ1) is 45.1. The van der Waals surface area contributed by atoms with Gasteiger partial charge in [0.25, 0.3) is 5.91 Å². The van der Waals surface area contributed by atoms with Crippen LogP contribution in [0, 0.1) is 19.8 Å². The van der Waals surface area contributed by atoms with Crippen molar-refractivity contribution in [3.05, 3.63) is 77.6 Å². The van der Waals surface area contributed by atoms with E-state index in [-0.39, 0.29) is 158 Å². The standard InChI is InChI=1S/C60H84N14O20S.In/c1-39-29-44(30-40(2)56(39)95(92,93)69-46(60(90)91)34-66-57(87)41-9-12-47-43(31-41)33-67-74(47)19-6-16-62-48-7-3-4-15-61-48)94-28-5-8-49(75)63-17-18-64-59(89)45(11-14-52(79)80)68-58(88)42(10-13-51(77)78)32-65-50(76)35-70-20-22-71(36-53(81)82)24-26-73(38-55(85)86)27-25-72(23-21-70)37-54(83)84;/h3-4,7,9,12,15,29-31,33,42,45-46,69H,5-6,8,10-11,13-14,16-28,32,34-38H2,1-2H3,(H,61,62)(H,63,75)(H,64,89)(H,65,76)(H,66,87)(H,68,88)(H,77,78)(H,79,80)(H,81,82)(H,83,84)(H,85,86)(H,90,91);/q;+3/i;1-4. The van der Waals surface area contributed by atoms with E-state index in [4.69, 9.17) is 4.74 Å². The number of aromatic nitrogens is 3. The molecule has 0 spiro atoms. The number of hydrogen-bond acceptors (Lipinski definition) is 21. The van der Waals surface area contributed by atoms with Crippen molar-refractivity contribution in [1.29, 1.82) is 0 Å². The molecule has 36 heteroatoms. The third kappa shape index (κ3) is 28.8. The Kier molecular flexibility index (Phi) is 33.9. The number of hydrogen-bond donors (Lipinski definition) is 13. The number of anilines is 1. The van der Waals surface area contributed by atoms with Gasteiger partial charge in [0.05, 0.1) is 55.3 Å². The van der Waals surface area contributed by atoms with Crippen molar-refractivity contribution < 1.29 is 96.5 Å². The summed E-state index contributed by atoms with van der Waals surface area (Å²) in [6.07, 6.45) is 2.33. The normalized spacial score (nSPS) is 14.6. The number of rotatable bonds is 39. The summed E-state index contributed by atoms with van der Waals surface area (Å²) in [4.78, 5) is 147. The molecule has 2 aromatic carbocycles. The van der Waals surface area contributed by atoms with Crippen LogP contribution in [0.25, 0.3) is 10.9 Å². The molecule has 0 aliphatic carbocycles. The first-order valence-corrected chi connectivity index (χ1v) is 32.1. The van der Waals surface area contributed by atoms with Gasteiger partial charge in [0.2, 0.25) is 33.7 Å². The number of nitrogens with zero attached hydrogens (tertiary/aromatic N) is 7. The Morgan fingerprint density at radius 3 is 1.72 bits per heavy atom. The number of nitrogens with one attached hydrogen (secondary N) is 7. The molecular weight excluding hydrogens is 1380 g/mol. The maximum Gasteiger partial charge on any atom is 3.00 e. The minimum Gasteiger partial charge on any atom is -0.494 e. The molecule has 4 aromatic rings. The number of benzene rings is 2. The van der Waals surface area contributed by atoms with Crippen LogP contribution in [0.3, 0.4) is 0 Å². The van der Waals surface area contributed by atoms with Gasteiger partial charge >= 0.3 is 61.7 Å². The first-order valence-electron chi connectivity index (χ1n) is 30.6. The molecule has 1 fully saturated rings. The van der Waals surface area contributed by atoms with Gasteiger partial charge in [-0.3, -0.25) is 77.0 Å². The molecule has 0 saturated carbocycles. The molecule has 520 valence electrons. The Labute approximate surface area is 572 Å². The van der Waals surface area contributed by atoms with Gasteiger partial charge in [0, 0.05) is 128 Å². The quantitative estimate of drug-likeness (QED) is 0.0218. The van der Waals surface area contributed by atoms with Crippen molar-refractivity contribution in [2.75, 3.05) is 123 Å². The van der Waals surface area contributed by atoms with E-state index in [0.717, 1.165) is 17.8 Å². The zero-order valence-corrected chi connectivity index (χ0v) is 57.5. The van der Waals surface area contributed by atoms with E-state index in [1.54, 1.807) is 54.9 Å². The SMILES string of the molecule is Cc1cc(OCCCC(=O)NCCNC(=O)C(CCC(=O)O)NC(=O)C(CCC(=O)O)CNC(=O)CN2CCN(CC(=O)O)CCN(CC(=O)O)CCN(CC(=O)O)CC2)cc(C)c1S(=O)(=O)NC(CNC(=O)c1ccc2c(cnn2CCCNc2ccccn2)c1)C(=O)O.[111In+3]. The van der Waals surface area contributed by atoms with E-state index in [1.165, 1.54) is 26.0 Å². The number of aliphatic carboxylic acids is 6. The molecule has 0 bridgehead atoms. The Hall–Kier alpha value is -8.55. The summed E-state index contributed by atoms with van der Waals surface area (Å²) in [6, 6.07) is 10.1. The molecule has 34 nitrogen and oxygen atoms in total. The predicted octanol–water partition coefficient (Wildman–Crippen LogP) is -1.86. The minimum atomic E-state index is -4.49. The largest absolute Gasteiger partial charge is 3.00 e. The molecule has 1 saturated heterocycles. The molecule has 5 rings (SSSR count). The number of carboxylic acids is 6. The van der Waals surface area contributed by atoms with Gasteiger partial charge < -0.3 is 67.3 Å². The zero-order chi connectivity index (χ0) is 69.6. The fourth-order valence-electron chi connectivity index (χ4n) is 10.2. The van der Waals surface area contributed by atoms with Gasteiger partial charge in [-0.05, 0) is 93.1 Å². The van der Waals surface area contributed by atoms with Crippen LogP contribution in [0.15, 0.2) is 65.8 Å². The summed E-state index contributed by atoms with van der Waals surface area (Å²) in [7, 11) is -4.49. The number of sulfonamides is 1. The summed E-state index contributed by atoms with van der Waals surface area (Å²) in [5.74, 6) is -11.2. The molecule has 13 N–H and O–H groups in total. The Morgan fingerprint density at radius 2 is 1.17 bits per heavy atom. The maximum absolute atomic E-state index is 13.7. The van der Waals surface area contributed by atoms with Crippen LogP contribution < -0.4 is 41.4 Å². The van der Waals surface area contributed by atoms with E-state index in [2.05, 4.69) is 46.7 Å². The number of amides is 5. The fraction of sp³-hybridized carbons (Fsp3) is 0.517. The van der Waals surface area contributed by atoms with Gasteiger partial charge in [-0.25, -0.2) is 13.4 Å². The van der Waals surface area contributed by atoms with Crippen LogP contribution in [-0.4, -0.2) is 295 Å². The van der Waals surface area contributed by atoms with E-state index in [1.807, 2.05) is 18.2 Å². The van der Waals surface area contributed by atoms with Gasteiger partial charge in [-0.15, -0.1) is 0 Å².